The van der Waals surface area contributed by atoms with Crippen LogP contribution in [0.5, 0.6) is 0 Å². The lowest BCUT2D eigenvalue weighted by molar-refractivity contribution is 1.61. The van der Waals surface area contributed by atoms with E-state index in [1.807, 2.05) is 0 Å². The molecular formula is C7H3Cl2. The van der Waals surface area contributed by atoms with E-state index in [-0.39, 0.29) is 5.56 Å². The molecule has 1 rings (SSSR count). The lowest BCUT2D eigenvalue weighted by atomic mass is 10.2. The van der Waals surface area contributed by atoms with E-state index in [0.717, 1.165) is 0 Å². The Bertz CT molecular complexity index is 198. The molecule has 0 fully saturated rings. The van der Waals surface area contributed by atoms with Crippen LogP contribution >= 0.6 is 23.2 Å². The van der Waals surface area contributed by atoms with E-state index in [0.29, 0.717) is 10.0 Å². The van der Waals surface area contributed by atoms with Crippen molar-refractivity contribution in [2.75, 3.05) is 0 Å². The van der Waals surface area contributed by atoms with Gasteiger partial charge in [0.25, 0.3) is 0 Å². The van der Waals surface area contributed by atoms with Gasteiger partial charge in [-0.05, 0) is 11.6 Å². The van der Waals surface area contributed by atoms with Crippen LogP contribution in [0.2, 0.25) is 10.0 Å². The average molecular weight is 158 g/mol. The Labute approximate surface area is 64.4 Å². The van der Waals surface area contributed by atoms with Gasteiger partial charge in [0.2, 0.25) is 0 Å². The topological polar surface area (TPSA) is 0 Å². The molecule has 0 heterocycles. The highest BCUT2D eigenvalue weighted by molar-refractivity contribution is 6.42. The maximum absolute atomic E-state index is 7.14. The van der Waals surface area contributed by atoms with Crippen molar-refractivity contribution in [2.24, 2.45) is 0 Å². The first kappa shape index (κ1) is 6.91. The molecule has 0 unspecified atom stereocenters. The molecular weight excluding hydrogens is 155 g/mol. The van der Waals surface area contributed by atoms with Crippen molar-refractivity contribution >= 4 is 23.2 Å². The van der Waals surface area contributed by atoms with Gasteiger partial charge in [-0.15, -0.1) is 0 Å². The zero-order chi connectivity index (χ0) is 6.85. The maximum Gasteiger partial charge on any atom is 0.0630 e. The SMILES string of the molecule is [C]c1cccc(Cl)c1Cl. The van der Waals surface area contributed by atoms with Gasteiger partial charge in [-0.25, -0.2) is 0 Å². The Morgan fingerprint density at radius 3 is 2.33 bits per heavy atom. The van der Waals surface area contributed by atoms with Gasteiger partial charge in [-0.1, -0.05) is 35.3 Å². The summed E-state index contributed by atoms with van der Waals surface area (Å²) >= 11 is 11.1. The van der Waals surface area contributed by atoms with Crippen molar-refractivity contribution < 1.29 is 0 Å². The zero-order valence-corrected chi connectivity index (χ0v) is 6.00. The fraction of sp³-hybridized carbons (Fsp3) is 0. The van der Waals surface area contributed by atoms with E-state index in [1.165, 1.54) is 0 Å². The van der Waals surface area contributed by atoms with Gasteiger partial charge >= 0.3 is 0 Å². The molecule has 1 aromatic carbocycles. The Balaban J connectivity index is 3.25. The Morgan fingerprint density at radius 2 is 1.89 bits per heavy atom. The second-order valence-corrected chi connectivity index (χ2v) is 2.39. The number of rotatable bonds is 0. The molecule has 3 radical (unpaired) electrons. The molecule has 0 spiro atoms. The number of benzene rings is 1. The van der Waals surface area contributed by atoms with Gasteiger partial charge < -0.3 is 0 Å². The van der Waals surface area contributed by atoms with E-state index in [9.17, 15) is 0 Å². The number of halogens is 2. The minimum absolute atomic E-state index is 0.268. The lowest BCUT2D eigenvalue weighted by Gasteiger charge is -1.95. The number of hydrogen-bond donors (Lipinski definition) is 0. The number of hydrogen-bond acceptors (Lipinski definition) is 0. The van der Waals surface area contributed by atoms with Gasteiger partial charge in [0, 0.05) is 6.92 Å². The molecule has 9 heavy (non-hydrogen) atoms. The van der Waals surface area contributed by atoms with Gasteiger partial charge in [-0.2, -0.15) is 0 Å². The predicted octanol–water partition coefficient (Wildman–Crippen LogP) is 2.93. The molecule has 2 heteroatoms. The Hall–Kier alpha value is -0.200. The summed E-state index contributed by atoms with van der Waals surface area (Å²) in [6.07, 6.45) is 0. The molecule has 0 aliphatic heterocycles. The highest BCUT2D eigenvalue weighted by Gasteiger charge is 1.97. The monoisotopic (exact) mass is 157 g/mol. The highest BCUT2D eigenvalue weighted by Crippen LogP contribution is 2.24. The van der Waals surface area contributed by atoms with Crippen LogP contribution in [0.3, 0.4) is 0 Å². The van der Waals surface area contributed by atoms with E-state index in [1.54, 1.807) is 18.2 Å². The van der Waals surface area contributed by atoms with Crippen molar-refractivity contribution in [2.45, 2.75) is 0 Å². The molecule has 0 aliphatic carbocycles. The third-order valence-electron chi connectivity index (χ3n) is 0.952. The first-order valence-electron chi connectivity index (χ1n) is 2.37. The molecule has 0 N–H and O–H groups in total. The van der Waals surface area contributed by atoms with Crippen LogP contribution in [0.15, 0.2) is 18.2 Å². The average Bonchev–Trinajstić information content (AvgIpc) is 1.83. The minimum Gasteiger partial charge on any atom is -0.0827 e. The van der Waals surface area contributed by atoms with Gasteiger partial charge in [-0.3, -0.25) is 0 Å². The third-order valence-corrected chi connectivity index (χ3v) is 1.77. The normalized spacial score (nSPS) is 9.67. The van der Waals surface area contributed by atoms with Crippen LogP contribution in [-0.2, 0) is 0 Å². The van der Waals surface area contributed by atoms with Gasteiger partial charge in [0.15, 0.2) is 0 Å². The summed E-state index contributed by atoms with van der Waals surface area (Å²) in [5.41, 5.74) is 0.268. The molecule has 0 aromatic heterocycles. The molecule has 0 bridgehead atoms. The van der Waals surface area contributed by atoms with Crippen LogP contribution in [0, 0.1) is 6.92 Å². The van der Waals surface area contributed by atoms with Crippen LogP contribution in [0.1, 0.15) is 5.56 Å². The van der Waals surface area contributed by atoms with Crippen molar-refractivity contribution in [1.29, 1.82) is 0 Å². The van der Waals surface area contributed by atoms with Crippen LogP contribution in [0.25, 0.3) is 0 Å². The quantitative estimate of drug-likeness (QED) is 0.544. The molecule has 0 amide bonds. The minimum atomic E-state index is 0.268. The fourth-order valence-corrected chi connectivity index (χ4v) is 0.804. The van der Waals surface area contributed by atoms with Crippen molar-refractivity contribution in [1.82, 2.24) is 0 Å². The second kappa shape index (κ2) is 2.59. The standard InChI is InChI=1S/C7H3Cl2/c1-5-3-2-4-6(8)7(5)9/h2-4H. The molecule has 1 aromatic rings. The van der Waals surface area contributed by atoms with Crippen molar-refractivity contribution in [3.8, 4) is 0 Å². The largest absolute Gasteiger partial charge is 0.0827 e. The summed E-state index contributed by atoms with van der Waals surface area (Å²) in [6.45, 7) is 7.14. The van der Waals surface area contributed by atoms with Crippen molar-refractivity contribution in [3.63, 3.8) is 0 Å². The smallest absolute Gasteiger partial charge is 0.0630 e. The first-order chi connectivity index (χ1) is 4.22. The lowest BCUT2D eigenvalue weighted by Crippen LogP contribution is -1.73. The van der Waals surface area contributed by atoms with Crippen LogP contribution in [0.4, 0.5) is 0 Å². The Kier molecular flexibility index (Phi) is 1.99. The first-order valence-corrected chi connectivity index (χ1v) is 3.13. The highest BCUT2D eigenvalue weighted by atomic mass is 35.5. The van der Waals surface area contributed by atoms with Crippen LogP contribution in [-0.4, -0.2) is 0 Å². The predicted molar refractivity (Wildman–Crippen MR) is 38.8 cm³/mol. The van der Waals surface area contributed by atoms with E-state index >= 15 is 0 Å². The molecule has 0 saturated heterocycles. The summed E-state index contributed by atoms with van der Waals surface area (Å²) in [5.74, 6) is 0. The van der Waals surface area contributed by atoms with Gasteiger partial charge in [0.05, 0.1) is 10.0 Å². The zero-order valence-electron chi connectivity index (χ0n) is 4.49. The summed E-state index contributed by atoms with van der Waals surface area (Å²) < 4.78 is 0. The summed E-state index contributed by atoms with van der Waals surface area (Å²) in [7, 11) is 0. The van der Waals surface area contributed by atoms with E-state index in [4.69, 9.17) is 30.1 Å². The molecule has 45 valence electrons. The molecule has 0 nitrogen and oxygen atoms in total. The molecule has 0 atom stereocenters. The van der Waals surface area contributed by atoms with E-state index in [2.05, 4.69) is 0 Å². The summed E-state index contributed by atoms with van der Waals surface area (Å²) in [4.78, 5) is 0. The molecule has 0 aliphatic rings. The fourth-order valence-electron chi connectivity index (χ4n) is 0.504. The van der Waals surface area contributed by atoms with E-state index < -0.39 is 0 Å². The second-order valence-electron chi connectivity index (χ2n) is 1.60. The van der Waals surface area contributed by atoms with Crippen molar-refractivity contribution in [3.05, 3.63) is 40.7 Å². The van der Waals surface area contributed by atoms with Gasteiger partial charge in [0.1, 0.15) is 0 Å². The third kappa shape index (κ3) is 1.38. The molecule has 0 saturated carbocycles. The summed E-state index contributed by atoms with van der Waals surface area (Å²) in [5, 5.41) is 0.753. The van der Waals surface area contributed by atoms with Crippen LogP contribution < -0.4 is 0 Å². The summed E-state index contributed by atoms with van der Waals surface area (Å²) in [6, 6.07) is 4.94. The Morgan fingerprint density at radius 1 is 1.22 bits per heavy atom. The maximum atomic E-state index is 7.14.